The lowest BCUT2D eigenvalue weighted by Gasteiger charge is -2.74. The third kappa shape index (κ3) is 2.64. The molecule has 8 heteroatoms. The number of aliphatic hydroxyl groups excluding tert-OH is 1. The molecule has 7 atom stereocenters. The number of methoxy groups -OCH3 is 1. The summed E-state index contributed by atoms with van der Waals surface area (Å²) in [4.78, 5) is 15.3. The summed E-state index contributed by atoms with van der Waals surface area (Å²) in [5.41, 5.74) is 7.65. The number of aliphatic hydroxyl groups is 1. The van der Waals surface area contributed by atoms with Gasteiger partial charge in [0.25, 0.3) is 0 Å². The number of rotatable bonds is 7. The van der Waals surface area contributed by atoms with Gasteiger partial charge < -0.3 is 30.7 Å². The van der Waals surface area contributed by atoms with Crippen molar-refractivity contribution in [1.82, 2.24) is 10.2 Å². The molecule has 4 bridgehead atoms. The van der Waals surface area contributed by atoms with Crippen molar-refractivity contribution < 1.29 is 24.5 Å². The van der Waals surface area contributed by atoms with Gasteiger partial charge in [-0.3, -0.25) is 9.69 Å². The van der Waals surface area contributed by atoms with Crippen LogP contribution in [-0.4, -0.2) is 78.2 Å². The van der Waals surface area contributed by atoms with Crippen LogP contribution >= 0.6 is 0 Å². The first-order valence-electron chi connectivity index (χ1n) is 13.4. The molecule has 8 nitrogen and oxygen atoms in total. The highest BCUT2D eigenvalue weighted by Crippen LogP contribution is 2.76. The van der Waals surface area contributed by atoms with E-state index in [9.17, 15) is 15.0 Å². The Kier molecular flexibility index (Phi) is 4.68. The summed E-state index contributed by atoms with van der Waals surface area (Å²) in [6.07, 6.45) is 7.40. The summed E-state index contributed by atoms with van der Waals surface area (Å²) < 4.78 is 13.2. The van der Waals surface area contributed by atoms with E-state index in [1.165, 1.54) is 30.5 Å². The summed E-state index contributed by atoms with van der Waals surface area (Å²) in [6.45, 7) is 2.31. The van der Waals surface area contributed by atoms with E-state index < -0.39 is 11.6 Å². The van der Waals surface area contributed by atoms with Crippen molar-refractivity contribution in [1.29, 1.82) is 0 Å². The number of benzene rings is 1. The quantitative estimate of drug-likeness (QED) is 0.458. The molecule has 2 spiro atoms. The van der Waals surface area contributed by atoms with Gasteiger partial charge in [0.1, 0.15) is 17.7 Å². The predicted molar refractivity (Wildman–Crippen MR) is 128 cm³/mol. The first-order valence-corrected chi connectivity index (χ1v) is 13.4. The molecule has 0 aromatic heterocycles. The first-order chi connectivity index (χ1) is 16.9. The topological polar surface area (TPSA) is 117 Å². The zero-order valence-electron chi connectivity index (χ0n) is 20.5. The summed E-state index contributed by atoms with van der Waals surface area (Å²) in [7, 11) is 1.78. The smallest absolute Gasteiger partial charge is 0.239 e. The SMILES string of the molecule is CO[C@]12CC[C@@]3(C[C@@H]1CNC(=O)C(N)CO)[C@H]1Cc4ccc(O)c5c4[C@@]3(CCN1CC1CC1)[C@H]2O5. The molecule has 1 aromatic rings. The Balaban J connectivity index is 1.34. The molecule has 2 aliphatic heterocycles. The normalized spacial score (nSPS) is 41.3. The van der Waals surface area contributed by atoms with Gasteiger partial charge in [-0.15, -0.1) is 0 Å². The average Bonchev–Trinajstić information content (AvgIpc) is 3.61. The number of likely N-dealkylation sites (tertiary alicyclic amines) is 1. The number of amides is 1. The monoisotopic (exact) mass is 483 g/mol. The molecule has 5 N–H and O–H groups in total. The lowest BCUT2D eigenvalue weighted by molar-refractivity contribution is -0.276. The molecular weight excluding hydrogens is 446 g/mol. The largest absolute Gasteiger partial charge is 0.504 e. The number of aromatic hydroxyl groups is 1. The molecule has 1 amide bonds. The molecule has 5 fully saturated rings. The molecule has 1 saturated heterocycles. The van der Waals surface area contributed by atoms with Crippen molar-refractivity contribution in [3.8, 4) is 11.5 Å². The molecule has 4 saturated carbocycles. The molecule has 2 heterocycles. The van der Waals surface area contributed by atoms with Crippen LogP contribution in [-0.2, 0) is 21.4 Å². The van der Waals surface area contributed by atoms with E-state index in [4.69, 9.17) is 15.2 Å². The number of nitrogens with one attached hydrogen (secondary N) is 1. The standard InChI is InChI=1S/C27H37N3O5/c1-34-27-7-6-25(11-17(27)12-29-23(33)18(28)14-31)20-10-16-4-5-19(32)22-21(16)26(25,24(27)35-22)8-9-30(20)13-15-2-3-15/h4-5,15,17-18,20,24,31-32H,2-3,6-14,28H2,1H3,(H,29,33)/t17-,18?,20-,24-,25-,26+,27-/m1/s1. The summed E-state index contributed by atoms with van der Waals surface area (Å²) in [5.74, 6) is 1.46. The molecule has 35 heavy (non-hydrogen) atoms. The summed E-state index contributed by atoms with van der Waals surface area (Å²) >= 11 is 0. The highest BCUT2D eigenvalue weighted by atomic mass is 16.6. The highest BCUT2D eigenvalue weighted by molar-refractivity contribution is 5.81. The molecule has 0 radical (unpaired) electrons. The fourth-order valence-corrected chi connectivity index (χ4v) is 9.23. The van der Waals surface area contributed by atoms with E-state index in [0.29, 0.717) is 18.3 Å². The van der Waals surface area contributed by atoms with E-state index in [2.05, 4.69) is 16.3 Å². The Bertz CT molecular complexity index is 1080. The number of nitrogens with two attached hydrogens (primary N) is 1. The minimum atomic E-state index is -0.923. The summed E-state index contributed by atoms with van der Waals surface area (Å²) in [6, 6.07) is 3.43. The Morgan fingerprint density at radius 1 is 1.34 bits per heavy atom. The third-order valence-electron chi connectivity index (χ3n) is 10.9. The molecule has 7 aliphatic rings. The lowest BCUT2D eigenvalue weighted by atomic mass is 9.35. The number of ether oxygens (including phenoxy) is 2. The predicted octanol–water partition coefficient (Wildman–Crippen LogP) is 1.05. The van der Waals surface area contributed by atoms with Crippen LogP contribution in [0.2, 0.25) is 0 Å². The van der Waals surface area contributed by atoms with Gasteiger partial charge in [-0.2, -0.15) is 0 Å². The van der Waals surface area contributed by atoms with Gasteiger partial charge >= 0.3 is 0 Å². The molecule has 5 aliphatic carbocycles. The maximum Gasteiger partial charge on any atom is 0.239 e. The van der Waals surface area contributed by atoms with Crippen LogP contribution < -0.4 is 15.8 Å². The molecular formula is C27H37N3O5. The number of phenolic OH excluding ortho intramolecular Hbond substituents is 1. The van der Waals surface area contributed by atoms with Crippen LogP contribution in [0.15, 0.2) is 12.1 Å². The number of carbonyl (C=O) groups is 1. The molecule has 8 rings (SSSR count). The number of piperidine rings is 1. The van der Waals surface area contributed by atoms with E-state index in [-0.39, 0.29) is 41.1 Å². The fraction of sp³-hybridized carbons (Fsp3) is 0.741. The van der Waals surface area contributed by atoms with Crippen LogP contribution in [0.1, 0.15) is 49.7 Å². The number of fused-ring (bicyclic) bond motifs is 2. The van der Waals surface area contributed by atoms with Crippen molar-refractivity contribution in [2.45, 2.75) is 74.1 Å². The Morgan fingerprint density at radius 3 is 2.91 bits per heavy atom. The van der Waals surface area contributed by atoms with Crippen LogP contribution in [0, 0.1) is 17.3 Å². The van der Waals surface area contributed by atoms with Crippen LogP contribution in [0.25, 0.3) is 0 Å². The van der Waals surface area contributed by atoms with Crippen LogP contribution in [0.4, 0.5) is 0 Å². The Hall–Kier alpha value is -1.87. The average molecular weight is 484 g/mol. The Morgan fingerprint density at radius 2 is 2.17 bits per heavy atom. The number of hydrogen-bond donors (Lipinski definition) is 4. The molecule has 1 aromatic carbocycles. The van der Waals surface area contributed by atoms with Crippen molar-refractivity contribution >= 4 is 5.91 Å². The first kappa shape index (κ1) is 22.3. The zero-order valence-corrected chi connectivity index (χ0v) is 20.5. The summed E-state index contributed by atoms with van der Waals surface area (Å²) in [5, 5.41) is 23.2. The third-order valence-corrected chi connectivity index (χ3v) is 10.9. The zero-order chi connectivity index (χ0) is 24.2. The number of hydrogen-bond acceptors (Lipinski definition) is 7. The maximum atomic E-state index is 12.5. The molecule has 190 valence electrons. The van der Waals surface area contributed by atoms with Crippen molar-refractivity contribution in [2.24, 2.45) is 23.0 Å². The van der Waals surface area contributed by atoms with Gasteiger partial charge in [-0.25, -0.2) is 0 Å². The van der Waals surface area contributed by atoms with E-state index in [1.807, 2.05) is 0 Å². The minimum absolute atomic E-state index is 0.0195. The van der Waals surface area contributed by atoms with E-state index in [0.717, 1.165) is 44.6 Å². The van der Waals surface area contributed by atoms with Crippen molar-refractivity contribution in [3.05, 3.63) is 23.3 Å². The minimum Gasteiger partial charge on any atom is -0.504 e. The van der Waals surface area contributed by atoms with E-state index in [1.54, 1.807) is 13.2 Å². The van der Waals surface area contributed by atoms with Crippen LogP contribution in [0.5, 0.6) is 11.5 Å². The second kappa shape index (κ2) is 7.34. The number of carbonyl (C=O) groups excluding carboxylic acids is 1. The van der Waals surface area contributed by atoms with Gasteiger partial charge in [-0.1, -0.05) is 6.07 Å². The second-order valence-electron chi connectivity index (χ2n) is 12.1. The van der Waals surface area contributed by atoms with Gasteiger partial charge in [-0.05, 0) is 69.0 Å². The number of phenols is 1. The van der Waals surface area contributed by atoms with Gasteiger partial charge in [0.05, 0.1) is 6.61 Å². The Labute approximate surface area is 206 Å². The lowest BCUT2D eigenvalue weighted by Crippen LogP contribution is -2.81. The number of nitrogens with zero attached hydrogens (tertiary/aromatic N) is 1. The van der Waals surface area contributed by atoms with E-state index >= 15 is 0 Å². The molecule has 1 unspecified atom stereocenters. The van der Waals surface area contributed by atoms with Crippen molar-refractivity contribution in [2.75, 3.05) is 33.4 Å². The fourth-order valence-electron chi connectivity index (χ4n) is 9.23. The maximum absolute atomic E-state index is 12.5. The van der Waals surface area contributed by atoms with Gasteiger partial charge in [0, 0.05) is 48.6 Å². The van der Waals surface area contributed by atoms with Gasteiger partial charge in [0.2, 0.25) is 5.91 Å². The second-order valence-corrected chi connectivity index (χ2v) is 12.1. The van der Waals surface area contributed by atoms with Crippen LogP contribution in [0.3, 0.4) is 0 Å². The van der Waals surface area contributed by atoms with Gasteiger partial charge in [0.15, 0.2) is 11.5 Å². The highest BCUT2D eigenvalue weighted by Gasteiger charge is 2.80. The van der Waals surface area contributed by atoms with Crippen molar-refractivity contribution in [3.63, 3.8) is 0 Å².